The molecule has 0 aliphatic carbocycles. The highest BCUT2D eigenvalue weighted by Crippen LogP contribution is 2.18. The molecule has 1 aliphatic rings. The summed E-state index contributed by atoms with van der Waals surface area (Å²) < 4.78 is 0. The molecule has 3 nitrogen and oxygen atoms in total. The number of rotatable bonds is 4. The van der Waals surface area contributed by atoms with Crippen molar-refractivity contribution in [3.8, 4) is 0 Å². The van der Waals surface area contributed by atoms with E-state index in [1.165, 1.54) is 0 Å². The van der Waals surface area contributed by atoms with Crippen molar-refractivity contribution in [3.05, 3.63) is 34.9 Å². The molecule has 1 N–H and O–H groups in total. The Morgan fingerprint density at radius 3 is 3.00 bits per heavy atom. The third kappa shape index (κ3) is 3.47. The first-order chi connectivity index (χ1) is 8.66. The number of hydrogen-bond acceptors (Lipinski definition) is 2. The van der Waals surface area contributed by atoms with E-state index in [9.17, 15) is 9.90 Å². The minimum atomic E-state index is -0.694. The second-order valence-electron chi connectivity index (χ2n) is 4.77. The van der Waals surface area contributed by atoms with Crippen molar-refractivity contribution in [3.63, 3.8) is 0 Å². The fraction of sp³-hybridized carbons (Fsp3) is 0.500. The van der Waals surface area contributed by atoms with Gasteiger partial charge in [0.05, 0.1) is 0 Å². The fourth-order valence-corrected chi connectivity index (χ4v) is 2.72. The number of aliphatic carboxylic acids is 1. The number of nitrogens with zero attached hydrogens (tertiary/aromatic N) is 1. The molecule has 1 aromatic carbocycles. The lowest BCUT2D eigenvalue weighted by Crippen LogP contribution is -2.45. The van der Waals surface area contributed by atoms with E-state index in [1.807, 2.05) is 24.3 Å². The van der Waals surface area contributed by atoms with Crippen LogP contribution in [0.2, 0.25) is 5.02 Å². The molecule has 0 aromatic heterocycles. The Hall–Kier alpha value is -1.06. The third-order valence-electron chi connectivity index (χ3n) is 3.48. The lowest BCUT2D eigenvalue weighted by Gasteiger charge is -2.32. The van der Waals surface area contributed by atoms with E-state index in [-0.39, 0.29) is 6.04 Å². The van der Waals surface area contributed by atoms with Crippen LogP contribution < -0.4 is 0 Å². The SMILES string of the molecule is O=C(O)C1CCCCN1CCc1cccc(Cl)c1. The van der Waals surface area contributed by atoms with Crippen molar-refractivity contribution in [2.45, 2.75) is 31.7 Å². The molecule has 98 valence electrons. The maximum atomic E-state index is 11.2. The molecule has 1 aliphatic heterocycles. The molecule has 1 saturated heterocycles. The first-order valence-electron chi connectivity index (χ1n) is 6.38. The number of halogens is 1. The summed E-state index contributed by atoms with van der Waals surface area (Å²) in [4.78, 5) is 13.2. The van der Waals surface area contributed by atoms with Gasteiger partial charge in [0.2, 0.25) is 0 Å². The van der Waals surface area contributed by atoms with Crippen LogP contribution in [0.3, 0.4) is 0 Å². The first-order valence-corrected chi connectivity index (χ1v) is 6.76. The van der Waals surface area contributed by atoms with Gasteiger partial charge in [-0.05, 0) is 43.5 Å². The van der Waals surface area contributed by atoms with Gasteiger partial charge >= 0.3 is 5.97 Å². The van der Waals surface area contributed by atoms with E-state index in [2.05, 4.69) is 4.90 Å². The predicted molar refractivity (Wildman–Crippen MR) is 72.0 cm³/mol. The van der Waals surface area contributed by atoms with Crippen LogP contribution in [0.4, 0.5) is 0 Å². The van der Waals surface area contributed by atoms with Crippen molar-refractivity contribution < 1.29 is 9.90 Å². The van der Waals surface area contributed by atoms with Crippen molar-refractivity contribution in [2.75, 3.05) is 13.1 Å². The van der Waals surface area contributed by atoms with Gasteiger partial charge in [-0.25, -0.2) is 0 Å². The molecule has 1 unspecified atom stereocenters. The van der Waals surface area contributed by atoms with Gasteiger partial charge in [-0.2, -0.15) is 0 Å². The summed E-state index contributed by atoms with van der Waals surface area (Å²) in [7, 11) is 0. The number of carboxylic acid groups (broad SMARTS) is 1. The number of piperidine rings is 1. The molecule has 0 bridgehead atoms. The average molecular weight is 268 g/mol. The van der Waals surface area contributed by atoms with Gasteiger partial charge in [-0.1, -0.05) is 30.2 Å². The second-order valence-corrected chi connectivity index (χ2v) is 5.20. The Morgan fingerprint density at radius 1 is 1.44 bits per heavy atom. The molecule has 4 heteroatoms. The molecule has 18 heavy (non-hydrogen) atoms. The molecule has 0 radical (unpaired) electrons. The van der Waals surface area contributed by atoms with E-state index in [0.29, 0.717) is 0 Å². The summed E-state index contributed by atoms with van der Waals surface area (Å²) in [5.74, 6) is -0.694. The molecule has 1 fully saturated rings. The van der Waals surface area contributed by atoms with Gasteiger partial charge in [0, 0.05) is 11.6 Å². The largest absolute Gasteiger partial charge is 0.480 e. The van der Waals surface area contributed by atoms with Crippen LogP contribution in [0.25, 0.3) is 0 Å². The lowest BCUT2D eigenvalue weighted by atomic mass is 10.0. The molecular formula is C14H18ClNO2. The fourth-order valence-electron chi connectivity index (χ4n) is 2.50. The Morgan fingerprint density at radius 2 is 2.28 bits per heavy atom. The van der Waals surface area contributed by atoms with Gasteiger partial charge in [0.1, 0.15) is 6.04 Å². The standard InChI is InChI=1S/C14H18ClNO2/c15-12-5-3-4-11(10-12)7-9-16-8-2-1-6-13(16)14(17)18/h3-5,10,13H,1-2,6-9H2,(H,17,18). The molecule has 0 saturated carbocycles. The number of benzene rings is 1. The minimum Gasteiger partial charge on any atom is -0.480 e. The Balaban J connectivity index is 1.93. The van der Waals surface area contributed by atoms with E-state index in [4.69, 9.17) is 11.6 Å². The van der Waals surface area contributed by atoms with Gasteiger partial charge in [-0.15, -0.1) is 0 Å². The zero-order valence-electron chi connectivity index (χ0n) is 10.3. The zero-order chi connectivity index (χ0) is 13.0. The van der Waals surface area contributed by atoms with Crippen LogP contribution >= 0.6 is 11.6 Å². The molecule has 1 aromatic rings. The summed E-state index contributed by atoms with van der Waals surface area (Å²) in [5.41, 5.74) is 1.16. The van der Waals surface area contributed by atoms with Crippen molar-refractivity contribution in [2.24, 2.45) is 0 Å². The predicted octanol–water partition coefficient (Wildman–Crippen LogP) is 2.82. The van der Waals surface area contributed by atoms with E-state index in [0.717, 1.165) is 49.4 Å². The Labute approximate surface area is 112 Å². The first kappa shape index (κ1) is 13.4. The smallest absolute Gasteiger partial charge is 0.320 e. The number of carboxylic acids is 1. The average Bonchev–Trinajstić information content (AvgIpc) is 2.37. The van der Waals surface area contributed by atoms with Crippen LogP contribution in [-0.4, -0.2) is 35.1 Å². The number of hydrogen-bond donors (Lipinski definition) is 1. The van der Waals surface area contributed by atoms with Gasteiger partial charge in [0.15, 0.2) is 0 Å². The molecular weight excluding hydrogens is 250 g/mol. The van der Waals surface area contributed by atoms with Crippen molar-refractivity contribution >= 4 is 17.6 Å². The maximum absolute atomic E-state index is 11.2. The number of likely N-dealkylation sites (tertiary alicyclic amines) is 1. The molecule has 0 amide bonds. The summed E-state index contributed by atoms with van der Waals surface area (Å²) >= 11 is 5.94. The lowest BCUT2D eigenvalue weighted by molar-refractivity contribution is -0.144. The van der Waals surface area contributed by atoms with Gasteiger partial charge in [-0.3, -0.25) is 9.69 Å². The highest BCUT2D eigenvalue weighted by Gasteiger charge is 2.27. The second kappa shape index (κ2) is 6.21. The quantitative estimate of drug-likeness (QED) is 0.912. The van der Waals surface area contributed by atoms with Gasteiger partial charge < -0.3 is 5.11 Å². The zero-order valence-corrected chi connectivity index (χ0v) is 11.1. The topological polar surface area (TPSA) is 40.5 Å². The molecule has 0 spiro atoms. The van der Waals surface area contributed by atoms with E-state index < -0.39 is 5.97 Å². The molecule has 1 atom stereocenters. The van der Waals surface area contributed by atoms with Crippen LogP contribution in [0, 0.1) is 0 Å². The van der Waals surface area contributed by atoms with Crippen LogP contribution in [-0.2, 0) is 11.2 Å². The van der Waals surface area contributed by atoms with Gasteiger partial charge in [0.25, 0.3) is 0 Å². The molecule has 1 heterocycles. The maximum Gasteiger partial charge on any atom is 0.320 e. The highest BCUT2D eigenvalue weighted by atomic mass is 35.5. The Kier molecular flexibility index (Phi) is 4.61. The highest BCUT2D eigenvalue weighted by molar-refractivity contribution is 6.30. The monoisotopic (exact) mass is 267 g/mol. The summed E-state index contributed by atoms with van der Waals surface area (Å²) in [6.45, 7) is 1.68. The van der Waals surface area contributed by atoms with Crippen LogP contribution in [0.15, 0.2) is 24.3 Å². The van der Waals surface area contributed by atoms with Crippen molar-refractivity contribution in [1.82, 2.24) is 4.90 Å². The molecule has 2 rings (SSSR count). The van der Waals surface area contributed by atoms with Crippen molar-refractivity contribution in [1.29, 1.82) is 0 Å². The summed E-state index contributed by atoms with van der Waals surface area (Å²) in [6.07, 6.45) is 3.74. The van der Waals surface area contributed by atoms with Crippen LogP contribution in [0.5, 0.6) is 0 Å². The third-order valence-corrected chi connectivity index (χ3v) is 3.71. The van der Waals surface area contributed by atoms with E-state index >= 15 is 0 Å². The minimum absolute atomic E-state index is 0.307. The summed E-state index contributed by atoms with van der Waals surface area (Å²) in [6, 6.07) is 7.46. The van der Waals surface area contributed by atoms with Crippen LogP contribution in [0.1, 0.15) is 24.8 Å². The number of carbonyl (C=O) groups is 1. The van der Waals surface area contributed by atoms with E-state index in [1.54, 1.807) is 0 Å². The Bertz CT molecular complexity index is 422. The normalized spacial score (nSPS) is 20.8. The summed E-state index contributed by atoms with van der Waals surface area (Å²) in [5, 5.41) is 9.92.